The van der Waals surface area contributed by atoms with Crippen LogP contribution in [0.25, 0.3) is 0 Å². The van der Waals surface area contributed by atoms with Crippen molar-refractivity contribution < 1.29 is 0 Å². The SMILES string of the molecule is CC(NC(C)C1CCCN(C)C1)c1ncc[nH]1. The minimum Gasteiger partial charge on any atom is -0.347 e. The summed E-state index contributed by atoms with van der Waals surface area (Å²) in [5, 5.41) is 3.65. The van der Waals surface area contributed by atoms with E-state index in [2.05, 4.69) is 41.1 Å². The number of rotatable bonds is 4. The van der Waals surface area contributed by atoms with E-state index in [0.717, 1.165) is 11.7 Å². The first-order chi connectivity index (χ1) is 8.16. The van der Waals surface area contributed by atoms with Crippen molar-refractivity contribution in [2.24, 2.45) is 5.92 Å². The number of likely N-dealkylation sites (tertiary alicyclic amines) is 1. The summed E-state index contributed by atoms with van der Waals surface area (Å²) in [6, 6.07) is 0.838. The molecule has 3 unspecified atom stereocenters. The van der Waals surface area contributed by atoms with E-state index in [0.29, 0.717) is 12.1 Å². The Morgan fingerprint density at radius 2 is 2.35 bits per heavy atom. The highest BCUT2D eigenvalue weighted by Gasteiger charge is 2.24. The summed E-state index contributed by atoms with van der Waals surface area (Å²) in [6.07, 6.45) is 6.35. The van der Waals surface area contributed by atoms with Gasteiger partial charge in [0.1, 0.15) is 5.82 Å². The van der Waals surface area contributed by atoms with Crippen molar-refractivity contribution in [1.82, 2.24) is 20.2 Å². The van der Waals surface area contributed by atoms with Crippen molar-refractivity contribution in [3.8, 4) is 0 Å². The maximum absolute atomic E-state index is 4.30. The fraction of sp³-hybridized carbons (Fsp3) is 0.769. The van der Waals surface area contributed by atoms with Gasteiger partial charge in [-0.3, -0.25) is 0 Å². The first-order valence-corrected chi connectivity index (χ1v) is 6.60. The van der Waals surface area contributed by atoms with E-state index in [1.165, 1.54) is 25.9 Å². The van der Waals surface area contributed by atoms with Crippen LogP contribution in [0.2, 0.25) is 0 Å². The molecule has 0 bridgehead atoms. The fourth-order valence-electron chi connectivity index (χ4n) is 2.74. The Morgan fingerprint density at radius 3 is 3.00 bits per heavy atom. The predicted octanol–water partition coefficient (Wildman–Crippen LogP) is 1.79. The van der Waals surface area contributed by atoms with Crippen LogP contribution in [-0.4, -0.2) is 41.0 Å². The Balaban J connectivity index is 1.85. The Morgan fingerprint density at radius 1 is 1.53 bits per heavy atom. The normalized spacial score (nSPS) is 25.7. The lowest BCUT2D eigenvalue weighted by atomic mass is 9.91. The van der Waals surface area contributed by atoms with Gasteiger partial charge in [-0.15, -0.1) is 0 Å². The number of nitrogens with zero attached hydrogens (tertiary/aromatic N) is 2. The molecule has 17 heavy (non-hydrogen) atoms. The summed E-state index contributed by atoms with van der Waals surface area (Å²) in [5.41, 5.74) is 0. The molecule has 96 valence electrons. The molecule has 0 saturated carbocycles. The van der Waals surface area contributed by atoms with Gasteiger partial charge in [0.25, 0.3) is 0 Å². The van der Waals surface area contributed by atoms with Crippen LogP contribution >= 0.6 is 0 Å². The Hall–Kier alpha value is -0.870. The van der Waals surface area contributed by atoms with Gasteiger partial charge in [-0.05, 0) is 46.2 Å². The van der Waals surface area contributed by atoms with Crippen LogP contribution in [0.3, 0.4) is 0 Å². The van der Waals surface area contributed by atoms with Gasteiger partial charge in [0.15, 0.2) is 0 Å². The van der Waals surface area contributed by atoms with Crippen molar-refractivity contribution >= 4 is 0 Å². The third-order valence-corrected chi connectivity index (χ3v) is 3.81. The molecule has 4 heteroatoms. The molecule has 2 heterocycles. The summed E-state index contributed by atoms with van der Waals surface area (Å²) in [5.74, 6) is 1.78. The summed E-state index contributed by atoms with van der Waals surface area (Å²) in [6.45, 7) is 6.92. The third-order valence-electron chi connectivity index (χ3n) is 3.81. The molecule has 1 aliphatic rings. The van der Waals surface area contributed by atoms with Crippen molar-refractivity contribution in [1.29, 1.82) is 0 Å². The molecule has 2 rings (SSSR count). The van der Waals surface area contributed by atoms with Crippen molar-refractivity contribution in [2.45, 2.75) is 38.8 Å². The molecule has 1 aromatic rings. The monoisotopic (exact) mass is 236 g/mol. The van der Waals surface area contributed by atoms with Gasteiger partial charge in [-0.2, -0.15) is 0 Å². The Labute approximate surface area is 104 Å². The van der Waals surface area contributed by atoms with Gasteiger partial charge < -0.3 is 15.2 Å². The molecule has 0 aromatic carbocycles. The van der Waals surface area contributed by atoms with E-state index in [-0.39, 0.29) is 0 Å². The molecular formula is C13H24N4. The predicted molar refractivity (Wildman–Crippen MR) is 69.8 cm³/mol. The second kappa shape index (κ2) is 5.65. The zero-order chi connectivity index (χ0) is 12.3. The first-order valence-electron chi connectivity index (χ1n) is 6.60. The average Bonchev–Trinajstić information content (AvgIpc) is 2.82. The molecule has 0 aliphatic carbocycles. The number of hydrogen-bond acceptors (Lipinski definition) is 3. The van der Waals surface area contributed by atoms with Gasteiger partial charge >= 0.3 is 0 Å². The van der Waals surface area contributed by atoms with Crippen LogP contribution < -0.4 is 5.32 Å². The number of aromatic amines is 1. The molecular weight excluding hydrogens is 212 g/mol. The maximum Gasteiger partial charge on any atom is 0.122 e. The Kier molecular flexibility index (Phi) is 4.18. The first kappa shape index (κ1) is 12.6. The van der Waals surface area contributed by atoms with Crippen LogP contribution in [0.1, 0.15) is 38.6 Å². The molecule has 0 amide bonds. The fourth-order valence-corrected chi connectivity index (χ4v) is 2.74. The second-order valence-corrected chi connectivity index (χ2v) is 5.32. The zero-order valence-electron chi connectivity index (χ0n) is 11.1. The van der Waals surface area contributed by atoms with Gasteiger partial charge in [0.2, 0.25) is 0 Å². The highest BCUT2D eigenvalue weighted by molar-refractivity contribution is 4.95. The summed E-state index contributed by atoms with van der Waals surface area (Å²) >= 11 is 0. The lowest BCUT2D eigenvalue weighted by Gasteiger charge is -2.35. The average molecular weight is 236 g/mol. The van der Waals surface area contributed by atoms with Crippen molar-refractivity contribution in [3.63, 3.8) is 0 Å². The maximum atomic E-state index is 4.30. The smallest absolute Gasteiger partial charge is 0.122 e. The third kappa shape index (κ3) is 3.30. The van der Waals surface area contributed by atoms with Crippen LogP contribution in [0.15, 0.2) is 12.4 Å². The number of aromatic nitrogens is 2. The topological polar surface area (TPSA) is 44.0 Å². The number of nitrogens with one attached hydrogen (secondary N) is 2. The van der Waals surface area contributed by atoms with Crippen LogP contribution in [0.4, 0.5) is 0 Å². The van der Waals surface area contributed by atoms with E-state index >= 15 is 0 Å². The molecule has 2 N–H and O–H groups in total. The molecule has 1 aliphatic heterocycles. The largest absolute Gasteiger partial charge is 0.347 e. The van der Waals surface area contributed by atoms with Gasteiger partial charge in [0.05, 0.1) is 6.04 Å². The highest BCUT2D eigenvalue weighted by atomic mass is 15.1. The van der Waals surface area contributed by atoms with Crippen LogP contribution in [0, 0.1) is 5.92 Å². The summed E-state index contributed by atoms with van der Waals surface area (Å²) in [7, 11) is 2.22. The van der Waals surface area contributed by atoms with Gasteiger partial charge in [0, 0.05) is 25.0 Å². The highest BCUT2D eigenvalue weighted by Crippen LogP contribution is 2.20. The zero-order valence-corrected chi connectivity index (χ0v) is 11.1. The van der Waals surface area contributed by atoms with E-state index in [1.54, 1.807) is 0 Å². The molecule has 1 saturated heterocycles. The minimum absolute atomic E-state index is 0.298. The minimum atomic E-state index is 0.298. The summed E-state index contributed by atoms with van der Waals surface area (Å²) in [4.78, 5) is 9.91. The molecule has 4 nitrogen and oxygen atoms in total. The molecule has 0 spiro atoms. The second-order valence-electron chi connectivity index (χ2n) is 5.32. The molecule has 1 fully saturated rings. The Bertz CT molecular complexity index is 322. The van der Waals surface area contributed by atoms with E-state index < -0.39 is 0 Å². The number of H-pyrrole nitrogens is 1. The molecule has 1 aromatic heterocycles. The number of imidazole rings is 1. The van der Waals surface area contributed by atoms with E-state index in [4.69, 9.17) is 0 Å². The van der Waals surface area contributed by atoms with E-state index in [9.17, 15) is 0 Å². The lowest BCUT2D eigenvalue weighted by molar-refractivity contribution is 0.173. The van der Waals surface area contributed by atoms with Crippen LogP contribution in [-0.2, 0) is 0 Å². The van der Waals surface area contributed by atoms with Gasteiger partial charge in [-0.1, -0.05) is 0 Å². The summed E-state index contributed by atoms with van der Waals surface area (Å²) < 4.78 is 0. The van der Waals surface area contributed by atoms with Gasteiger partial charge in [-0.25, -0.2) is 4.98 Å². The van der Waals surface area contributed by atoms with Crippen molar-refractivity contribution in [3.05, 3.63) is 18.2 Å². The molecule has 3 atom stereocenters. The van der Waals surface area contributed by atoms with Crippen molar-refractivity contribution in [2.75, 3.05) is 20.1 Å². The number of hydrogen-bond donors (Lipinski definition) is 2. The standard InChI is InChI=1S/C13H24N4/c1-10(12-5-4-8-17(3)9-12)16-11(2)13-14-6-7-15-13/h6-7,10-12,16H,4-5,8-9H2,1-3H3,(H,14,15). The number of piperidine rings is 1. The lowest BCUT2D eigenvalue weighted by Crippen LogP contribution is -2.43. The quantitative estimate of drug-likeness (QED) is 0.837. The van der Waals surface area contributed by atoms with E-state index in [1.807, 2.05) is 12.4 Å². The van der Waals surface area contributed by atoms with Crippen LogP contribution in [0.5, 0.6) is 0 Å². The molecule has 0 radical (unpaired) electrons.